The highest BCUT2D eigenvalue weighted by molar-refractivity contribution is 6.31. The molecule has 0 aliphatic carbocycles. The average molecular weight is 599 g/mol. The number of nitrogens with one attached hydrogen (secondary N) is 3. The van der Waals surface area contributed by atoms with Gasteiger partial charge in [-0.1, -0.05) is 23.7 Å². The highest BCUT2D eigenvalue weighted by Gasteiger charge is 2.49. The molecule has 3 aromatic carbocycles. The molecule has 1 fully saturated rings. The normalized spacial score (nSPS) is 18.4. The van der Waals surface area contributed by atoms with Crippen molar-refractivity contribution in [1.82, 2.24) is 10.2 Å². The van der Waals surface area contributed by atoms with Gasteiger partial charge in [-0.15, -0.1) is 0 Å². The lowest BCUT2D eigenvalue weighted by Crippen LogP contribution is -2.57. The van der Waals surface area contributed by atoms with Crippen LogP contribution in [0.3, 0.4) is 0 Å². The number of carbonyl (C=O) groups is 4. The smallest absolute Gasteiger partial charge is 0.412 e. The first-order valence-electron chi connectivity index (χ1n) is 13.0. The lowest BCUT2D eigenvalue weighted by atomic mass is 9.82. The number of anilines is 2. The zero-order valence-electron chi connectivity index (χ0n) is 22.0. The zero-order chi connectivity index (χ0) is 30.0. The summed E-state index contributed by atoms with van der Waals surface area (Å²) in [6.45, 7) is 0.0305. The summed E-state index contributed by atoms with van der Waals surface area (Å²) in [4.78, 5) is 51.8. The van der Waals surface area contributed by atoms with Crippen LogP contribution in [0, 0.1) is 11.6 Å². The van der Waals surface area contributed by atoms with E-state index in [-0.39, 0.29) is 53.5 Å². The van der Waals surface area contributed by atoms with Gasteiger partial charge in [-0.05, 0) is 66.9 Å². The first-order chi connectivity index (χ1) is 20.0. The number of carbonyl (C=O) groups excluding carboxylic acids is 3. The van der Waals surface area contributed by atoms with E-state index >= 15 is 4.39 Å². The fraction of sp³-hybridized carbons (Fsp3) is 0.241. The van der Waals surface area contributed by atoms with Crippen LogP contribution < -0.4 is 16.0 Å². The van der Waals surface area contributed by atoms with Gasteiger partial charge in [0.2, 0.25) is 5.91 Å². The van der Waals surface area contributed by atoms with Gasteiger partial charge in [0.15, 0.2) is 11.4 Å². The number of halogens is 3. The molecule has 1 saturated heterocycles. The van der Waals surface area contributed by atoms with Gasteiger partial charge in [-0.3, -0.25) is 20.2 Å². The van der Waals surface area contributed by atoms with Crippen LogP contribution in [0.25, 0.3) is 0 Å². The van der Waals surface area contributed by atoms with Gasteiger partial charge in [0, 0.05) is 24.2 Å². The molecule has 0 bridgehead atoms. The number of rotatable bonds is 6. The van der Waals surface area contributed by atoms with Crippen LogP contribution >= 0.6 is 11.6 Å². The van der Waals surface area contributed by atoms with E-state index in [0.717, 1.165) is 0 Å². The molecule has 2 atom stereocenters. The van der Waals surface area contributed by atoms with E-state index in [1.807, 2.05) is 0 Å². The predicted octanol–water partition coefficient (Wildman–Crippen LogP) is 5.13. The van der Waals surface area contributed by atoms with Crippen LogP contribution in [0.4, 0.5) is 29.7 Å². The lowest BCUT2D eigenvalue weighted by molar-refractivity contribution is -0.141. The van der Waals surface area contributed by atoms with Crippen molar-refractivity contribution in [2.75, 3.05) is 23.7 Å². The summed E-state index contributed by atoms with van der Waals surface area (Å²) in [7, 11) is 0. The molecule has 2 aliphatic rings. The molecule has 0 saturated carbocycles. The second-order valence-electron chi connectivity index (χ2n) is 10.0. The first-order valence-corrected chi connectivity index (χ1v) is 13.3. The molecule has 0 radical (unpaired) electrons. The van der Waals surface area contributed by atoms with E-state index in [2.05, 4.69) is 16.0 Å². The molecule has 2 aliphatic heterocycles. The minimum absolute atomic E-state index is 0.0351. The number of amides is 4. The maximum atomic E-state index is 15.3. The fourth-order valence-electron chi connectivity index (χ4n) is 5.35. The van der Waals surface area contributed by atoms with E-state index in [9.17, 15) is 23.6 Å². The van der Waals surface area contributed by atoms with Crippen LogP contribution in [0.15, 0.2) is 60.7 Å². The molecule has 218 valence electrons. The molecule has 3 aromatic rings. The zero-order valence-corrected chi connectivity index (χ0v) is 22.7. The monoisotopic (exact) mass is 598 g/mol. The third-order valence-corrected chi connectivity index (χ3v) is 7.46. The van der Waals surface area contributed by atoms with E-state index in [1.54, 1.807) is 6.07 Å². The second kappa shape index (κ2) is 11.6. The van der Waals surface area contributed by atoms with Crippen LogP contribution in [-0.4, -0.2) is 53.1 Å². The number of fused-ring (bicyclic) bond motifs is 2. The van der Waals surface area contributed by atoms with Crippen LogP contribution in [0.5, 0.6) is 0 Å². The van der Waals surface area contributed by atoms with E-state index in [4.69, 9.17) is 21.4 Å². The molecule has 13 heteroatoms. The minimum Gasteiger partial charge on any atom is -0.465 e. The van der Waals surface area contributed by atoms with Crippen LogP contribution in [0.1, 0.15) is 34.3 Å². The van der Waals surface area contributed by atoms with E-state index in [1.165, 1.54) is 59.5 Å². The summed E-state index contributed by atoms with van der Waals surface area (Å²) in [5.41, 5.74) is -0.454. The third kappa shape index (κ3) is 5.98. The Hall–Kier alpha value is -4.71. The van der Waals surface area contributed by atoms with Crippen LogP contribution in [0.2, 0.25) is 5.02 Å². The van der Waals surface area contributed by atoms with Crippen molar-refractivity contribution < 1.29 is 37.8 Å². The molecule has 4 N–H and O–H groups in total. The Labute approximate surface area is 243 Å². The molecule has 0 aromatic heterocycles. The maximum absolute atomic E-state index is 15.3. The van der Waals surface area contributed by atoms with E-state index in [0.29, 0.717) is 12.0 Å². The lowest BCUT2D eigenvalue weighted by Gasteiger charge is -2.45. The molecular formula is C29H25ClF2N4O6. The van der Waals surface area contributed by atoms with Crippen molar-refractivity contribution >= 4 is 47.0 Å². The molecule has 0 unspecified atom stereocenters. The van der Waals surface area contributed by atoms with Gasteiger partial charge in [-0.2, -0.15) is 0 Å². The van der Waals surface area contributed by atoms with Gasteiger partial charge < -0.3 is 20.1 Å². The molecule has 1 spiro atoms. The van der Waals surface area contributed by atoms with Crippen LogP contribution in [-0.2, 0) is 21.6 Å². The number of carboxylic acid groups (broad SMARTS) is 1. The number of hydrogen-bond donors (Lipinski definition) is 4. The van der Waals surface area contributed by atoms with Crippen molar-refractivity contribution in [2.45, 2.75) is 30.9 Å². The van der Waals surface area contributed by atoms with Gasteiger partial charge >= 0.3 is 12.2 Å². The summed E-state index contributed by atoms with van der Waals surface area (Å²) < 4.78 is 34.9. The standard InChI is InChI=1S/C29H25ClF2N4O6/c30-20-9-10-21-23(24(20)32)29(42-28(41)35-21)11-2-12-36(15-29)26(38)22(14-16-3-1-4-18(31)13-16)34-25(37)17-5-7-19(8-6-17)33-27(39)40/h1,3-10,13,22,33H,2,11-12,14-15H2,(H,34,37)(H,35,41)(H,39,40)/t22-,29-/m0/s1. The molecule has 42 heavy (non-hydrogen) atoms. The average Bonchev–Trinajstić information content (AvgIpc) is 2.94. The first kappa shape index (κ1) is 28.8. The number of benzene rings is 3. The van der Waals surface area contributed by atoms with Crippen molar-refractivity contribution in [3.05, 3.63) is 94.0 Å². The van der Waals surface area contributed by atoms with Gasteiger partial charge in [-0.25, -0.2) is 18.4 Å². The third-order valence-electron chi connectivity index (χ3n) is 7.17. The predicted molar refractivity (Wildman–Crippen MR) is 148 cm³/mol. The maximum Gasteiger partial charge on any atom is 0.412 e. The molecule has 10 nitrogen and oxygen atoms in total. The summed E-state index contributed by atoms with van der Waals surface area (Å²) in [6.07, 6.45) is -1.56. The minimum atomic E-state index is -1.51. The number of ether oxygens (including phenoxy) is 1. The topological polar surface area (TPSA) is 137 Å². The SMILES string of the molecule is O=C(O)Nc1ccc(C(=O)N[C@@H](Cc2cccc(F)c2)C(=O)N2CCC[C@@]3(C2)OC(=O)Nc2ccc(Cl)c(F)c23)cc1. The molecule has 4 amide bonds. The Balaban J connectivity index is 1.43. The number of likely N-dealkylation sites (tertiary alicyclic amines) is 1. The van der Waals surface area contributed by atoms with Gasteiger partial charge in [0.25, 0.3) is 5.91 Å². The Morgan fingerprint density at radius 2 is 1.88 bits per heavy atom. The molecular weight excluding hydrogens is 574 g/mol. The summed E-state index contributed by atoms with van der Waals surface area (Å²) in [5, 5.41) is 16.0. The van der Waals surface area contributed by atoms with Crippen molar-refractivity contribution in [3.63, 3.8) is 0 Å². The highest BCUT2D eigenvalue weighted by atomic mass is 35.5. The Morgan fingerprint density at radius 1 is 1.12 bits per heavy atom. The van der Waals surface area contributed by atoms with Gasteiger partial charge in [0.1, 0.15) is 11.9 Å². The van der Waals surface area contributed by atoms with Crippen molar-refractivity contribution in [1.29, 1.82) is 0 Å². The van der Waals surface area contributed by atoms with Gasteiger partial charge in [0.05, 0.1) is 22.8 Å². The summed E-state index contributed by atoms with van der Waals surface area (Å²) in [5.74, 6) is -2.47. The van der Waals surface area contributed by atoms with Crippen molar-refractivity contribution in [2.24, 2.45) is 0 Å². The molecule has 2 heterocycles. The fourth-order valence-corrected chi connectivity index (χ4v) is 5.51. The Morgan fingerprint density at radius 3 is 2.60 bits per heavy atom. The number of nitrogens with zero attached hydrogens (tertiary/aromatic N) is 1. The summed E-state index contributed by atoms with van der Waals surface area (Å²) >= 11 is 6.05. The number of piperidine rings is 1. The number of hydrogen-bond acceptors (Lipinski definition) is 5. The van der Waals surface area contributed by atoms with E-state index < -0.39 is 47.3 Å². The largest absolute Gasteiger partial charge is 0.465 e. The quantitative estimate of drug-likeness (QED) is 0.310. The Kier molecular flexibility index (Phi) is 7.99. The second-order valence-corrected chi connectivity index (χ2v) is 10.4. The summed E-state index contributed by atoms with van der Waals surface area (Å²) in [6, 6.07) is 12.8. The van der Waals surface area contributed by atoms with Crippen molar-refractivity contribution in [3.8, 4) is 0 Å². The Bertz CT molecular complexity index is 1570. The highest BCUT2D eigenvalue weighted by Crippen LogP contribution is 2.45. The molecule has 5 rings (SSSR count).